The van der Waals surface area contributed by atoms with Crippen molar-refractivity contribution in [3.05, 3.63) is 72.6 Å². The third-order valence-corrected chi connectivity index (χ3v) is 4.01. The molecule has 0 aliphatic carbocycles. The first-order valence-electron chi connectivity index (χ1n) is 8.98. The second-order valence-corrected chi connectivity index (χ2v) is 6.42. The number of benzene rings is 2. The van der Waals surface area contributed by atoms with Crippen LogP contribution in [-0.4, -0.2) is 34.5 Å². The average Bonchev–Trinajstić information content (AvgIpc) is 2.71. The summed E-state index contributed by atoms with van der Waals surface area (Å²) < 4.78 is 5.10. The Hall–Kier alpha value is -3.54. The van der Waals surface area contributed by atoms with Crippen molar-refractivity contribution in [2.24, 2.45) is 0 Å². The zero-order valence-electron chi connectivity index (χ0n) is 15.8. The number of para-hydroxylation sites is 3. The first kappa shape index (κ1) is 19.2. The van der Waals surface area contributed by atoms with Gasteiger partial charge < -0.3 is 9.64 Å². The summed E-state index contributed by atoms with van der Waals surface area (Å²) in [6, 6.07) is 16.7. The number of hydrogen-bond donors (Lipinski definition) is 0. The lowest BCUT2D eigenvalue weighted by Crippen LogP contribution is -2.39. The van der Waals surface area contributed by atoms with E-state index >= 15 is 0 Å². The third kappa shape index (κ3) is 4.79. The van der Waals surface area contributed by atoms with Gasteiger partial charge in [0.15, 0.2) is 6.61 Å². The van der Waals surface area contributed by atoms with Crippen molar-refractivity contribution in [2.45, 2.75) is 19.9 Å². The minimum atomic E-state index is -0.611. The number of carbonyl (C=O) groups is 2. The predicted molar refractivity (Wildman–Crippen MR) is 109 cm³/mol. The summed E-state index contributed by atoms with van der Waals surface area (Å²) in [4.78, 5) is 34.8. The molecule has 1 aromatic heterocycles. The zero-order chi connectivity index (χ0) is 19.9. The summed E-state index contributed by atoms with van der Waals surface area (Å²) in [6.07, 6.45) is 4.34. The van der Waals surface area contributed by atoms with Gasteiger partial charge in [-0.25, -0.2) is 9.78 Å². The van der Waals surface area contributed by atoms with Crippen molar-refractivity contribution in [2.75, 3.05) is 11.5 Å². The Kier molecular flexibility index (Phi) is 6.11. The molecule has 0 aliphatic rings. The van der Waals surface area contributed by atoms with Crippen LogP contribution in [0.25, 0.3) is 17.1 Å². The van der Waals surface area contributed by atoms with E-state index in [9.17, 15) is 9.59 Å². The van der Waals surface area contributed by atoms with E-state index in [4.69, 9.17) is 4.74 Å². The maximum atomic E-state index is 12.5. The Labute approximate surface area is 163 Å². The molecule has 3 rings (SSSR count). The molecule has 0 N–H and O–H groups in total. The highest BCUT2D eigenvalue weighted by atomic mass is 16.5. The molecule has 2 aromatic carbocycles. The number of esters is 1. The van der Waals surface area contributed by atoms with Crippen LogP contribution in [0.4, 0.5) is 5.69 Å². The largest absolute Gasteiger partial charge is 0.452 e. The molecule has 6 nitrogen and oxygen atoms in total. The van der Waals surface area contributed by atoms with E-state index in [-0.39, 0.29) is 18.6 Å². The number of carbonyl (C=O) groups excluding carboxylic acids is 2. The van der Waals surface area contributed by atoms with Crippen molar-refractivity contribution in [1.82, 2.24) is 9.97 Å². The maximum Gasteiger partial charge on any atom is 0.331 e. The normalized spacial score (nSPS) is 11.1. The second kappa shape index (κ2) is 8.90. The van der Waals surface area contributed by atoms with Gasteiger partial charge in [-0.2, -0.15) is 0 Å². The van der Waals surface area contributed by atoms with Gasteiger partial charge in [0, 0.05) is 17.8 Å². The lowest BCUT2D eigenvalue weighted by molar-refractivity contribution is -0.143. The molecule has 0 saturated carbocycles. The molecule has 6 heteroatoms. The molecule has 0 bridgehead atoms. The van der Waals surface area contributed by atoms with Crippen LogP contribution in [-0.2, 0) is 14.3 Å². The van der Waals surface area contributed by atoms with E-state index in [1.165, 1.54) is 12.2 Å². The summed E-state index contributed by atoms with van der Waals surface area (Å²) in [5.41, 5.74) is 2.82. The van der Waals surface area contributed by atoms with E-state index < -0.39 is 5.97 Å². The molecule has 3 aromatic rings. The molecule has 28 heavy (non-hydrogen) atoms. The topological polar surface area (TPSA) is 72.4 Å². The summed E-state index contributed by atoms with van der Waals surface area (Å²) in [5.74, 6) is -0.895. The van der Waals surface area contributed by atoms with Crippen LogP contribution >= 0.6 is 0 Å². The molecule has 0 atom stereocenters. The van der Waals surface area contributed by atoms with Gasteiger partial charge in [0.25, 0.3) is 5.91 Å². The van der Waals surface area contributed by atoms with Gasteiger partial charge in [0.05, 0.1) is 22.9 Å². The third-order valence-electron chi connectivity index (χ3n) is 4.01. The Balaban J connectivity index is 1.60. The monoisotopic (exact) mass is 375 g/mol. The highest BCUT2D eigenvalue weighted by Gasteiger charge is 2.19. The number of amides is 1. The smallest absolute Gasteiger partial charge is 0.331 e. The van der Waals surface area contributed by atoms with Crippen molar-refractivity contribution in [3.8, 4) is 0 Å². The highest BCUT2D eigenvalue weighted by molar-refractivity contribution is 5.96. The Morgan fingerprint density at radius 1 is 1.04 bits per heavy atom. The van der Waals surface area contributed by atoms with Gasteiger partial charge >= 0.3 is 5.97 Å². The summed E-state index contributed by atoms with van der Waals surface area (Å²) in [6.45, 7) is 3.48. The van der Waals surface area contributed by atoms with Gasteiger partial charge in [0.1, 0.15) is 0 Å². The summed E-state index contributed by atoms with van der Waals surface area (Å²) in [7, 11) is 0. The SMILES string of the molecule is CC(C)N(C(=O)COC(=O)/C=C/c1cnc2ccccc2n1)c1ccccc1. The Morgan fingerprint density at radius 3 is 2.43 bits per heavy atom. The number of nitrogens with zero attached hydrogens (tertiary/aromatic N) is 3. The molecule has 0 aliphatic heterocycles. The van der Waals surface area contributed by atoms with Crippen LogP contribution in [0.2, 0.25) is 0 Å². The van der Waals surface area contributed by atoms with Gasteiger partial charge in [-0.15, -0.1) is 0 Å². The molecule has 142 valence electrons. The molecular weight excluding hydrogens is 354 g/mol. The number of aromatic nitrogens is 2. The molecule has 0 unspecified atom stereocenters. The van der Waals surface area contributed by atoms with Crippen LogP contribution in [0.3, 0.4) is 0 Å². The van der Waals surface area contributed by atoms with E-state index in [0.29, 0.717) is 5.69 Å². The minimum absolute atomic E-state index is 0.0583. The molecule has 0 fully saturated rings. The van der Waals surface area contributed by atoms with Crippen LogP contribution in [0.5, 0.6) is 0 Å². The molecule has 0 radical (unpaired) electrons. The lowest BCUT2D eigenvalue weighted by atomic mass is 10.2. The van der Waals surface area contributed by atoms with Gasteiger partial charge in [0.2, 0.25) is 0 Å². The summed E-state index contributed by atoms with van der Waals surface area (Å²) in [5, 5.41) is 0. The maximum absolute atomic E-state index is 12.5. The fraction of sp³-hybridized carbons (Fsp3) is 0.182. The Bertz CT molecular complexity index is 1000. The van der Waals surface area contributed by atoms with Crippen molar-refractivity contribution in [1.29, 1.82) is 0 Å². The zero-order valence-corrected chi connectivity index (χ0v) is 15.8. The van der Waals surface area contributed by atoms with Crippen molar-refractivity contribution in [3.63, 3.8) is 0 Å². The quantitative estimate of drug-likeness (QED) is 0.486. The number of ether oxygens (including phenoxy) is 1. The minimum Gasteiger partial charge on any atom is -0.452 e. The van der Waals surface area contributed by atoms with Crippen LogP contribution in [0.1, 0.15) is 19.5 Å². The Morgan fingerprint density at radius 2 is 1.71 bits per heavy atom. The number of anilines is 1. The molecule has 0 spiro atoms. The van der Waals surface area contributed by atoms with Crippen molar-refractivity contribution < 1.29 is 14.3 Å². The fourth-order valence-corrected chi connectivity index (χ4v) is 2.77. The van der Waals surface area contributed by atoms with Gasteiger partial charge in [-0.05, 0) is 44.2 Å². The lowest BCUT2D eigenvalue weighted by Gasteiger charge is -2.26. The van der Waals surface area contributed by atoms with E-state index in [0.717, 1.165) is 16.7 Å². The molecular formula is C22H21N3O3. The first-order chi connectivity index (χ1) is 13.5. The van der Waals surface area contributed by atoms with E-state index in [1.54, 1.807) is 11.1 Å². The molecule has 1 amide bonds. The summed E-state index contributed by atoms with van der Waals surface area (Å²) >= 11 is 0. The second-order valence-electron chi connectivity index (χ2n) is 6.42. The molecule has 1 heterocycles. The standard InChI is InChI=1S/C22H21N3O3/c1-16(2)25(18-8-4-3-5-9-18)21(26)15-28-22(27)13-12-17-14-23-19-10-6-7-11-20(19)24-17/h3-14,16H,15H2,1-2H3/b13-12+. The number of rotatable bonds is 6. The molecule has 0 saturated heterocycles. The van der Waals surface area contributed by atoms with Gasteiger partial charge in [-0.1, -0.05) is 30.3 Å². The van der Waals surface area contributed by atoms with Crippen LogP contribution in [0.15, 0.2) is 66.9 Å². The van der Waals surface area contributed by atoms with Crippen LogP contribution in [0, 0.1) is 0 Å². The highest BCUT2D eigenvalue weighted by Crippen LogP contribution is 2.16. The fourth-order valence-electron chi connectivity index (χ4n) is 2.77. The first-order valence-corrected chi connectivity index (χ1v) is 8.98. The van der Waals surface area contributed by atoms with Crippen molar-refractivity contribution >= 4 is 34.7 Å². The van der Waals surface area contributed by atoms with E-state index in [1.807, 2.05) is 68.4 Å². The number of hydrogen-bond acceptors (Lipinski definition) is 5. The average molecular weight is 375 g/mol. The van der Waals surface area contributed by atoms with Crippen LogP contribution < -0.4 is 4.90 Å². The van der Waals surface area contributed by atoms with Gasteiger partial charge in [-0.3, -0.25) is 9.78 Å². The predicted octanol–water partition coefficient (Wildman–Crippen LogP) is 3.63. The number of fused-ring (bicyclic) bond motifs is 1. The van der Waals surface area contributed by atoms with E-state index in [2.05, 4.69) is 9.97 Å².